The Morgan fingerprint density at radius 1 is 0.415 bits per heavy atom. The molecule has 1 amide bonds. The number of nitrogens with one attached hydrogen (secondary N) is 1. The molecule has 0 rings (SSSR count). The van der Waals surface area contributed by atoms with E-state index in [4.69, 9.17) is 4.74 Å². The smallest absolute Gasteiger partial charge is 0.305 e. The highest BCUT2D eigenvalue weighted by Gasteiger charge is 2.18. The summed E-state index contributed by atoms with van der Waals surface area (Å²) in [4.78, 5) is 24.5. The zero-order valence-corrected chi connectivity index (χ0v) is 43.7. The summed E-state index contributed by atoms with van der Waals surface area (Å²) in [6.45, 7) is 4.89. The summed E-state index contributed by atoms with van der Waals surface area (Å²) in [5.41, 5.74) is 0. The van der Waals surface area contributed by atoms with Crippen molar-refractivity contribution in [1.29, 1.82) is 0 Å². The number of esters is 1. The van der Waals surface area contributed by atoms with Crippen LogP contribution in [0, 0.1) is 0 Å². The number of carbonyl (C=O) groups excluding carboxylic acids is 2. The average Bonchev–Trinajstić information content (AvgIpc) is 3.31. The van der Waals surface area contributed by atoms with E-state index in [0.717, 1.165) is 57.8 Å². The second kappa shape index (κ2) is 54.9. The van der Waals surface area contributed by atoms with E-state index in [1.165, 1.54) is 231 Å². The Hall–Kier alpha value is -1.66. The normalized spacial score (nSPS) is 12.7. The largest absolute Gasteiger partial charge is 0.466 e. The fraction of sp³-hybridized carbons (Fsp3) is 0.898. The fourth-order valence-electron chi connectivity index (χ4n) is 8.98. The van der Waals surface area contributed by atoms with Gasteiger partial charge >= 0.3 is 5.97 Å². The minimum Gasteiger partial charge on any atom is -0.466 e. The fourth-order valence-corrected chi connectivity index (χ4v) is 8.98. The van der Waals surface area contributed by atoms with E-state index in [1.807, 2.05) is 6.08 Å². The Balaban J connectivity index is 3.42. The molecule has 0 aliphatic carbocycles. The van der Waals surface area contributed by atoms with Gasteiger partial charge in [0, 0.05) is 12.8 Å². The van der Waals surface area contributed by atoms with Crippen LogP contribution < -0.4 is 5.32 Å². The molecule has 0 aromatic carbocycles. The monoisotopic (exact) mass is 916 g/mol. The molecule has 6 heteroatoms. The van der Waals surface area contributed by atoms with E-state index in [1.54, 1.807) is 6.08 Å². The highest BCUT2D eigenvalue weighted by atomic mass is 16.5. The standard InChI is InChI=1S/C59H113NO5/c1-3-5-7-9-11-13-15-16-17-18-19-23-26-29-33-37-41-45-49-53-59(64)65-54-50-46-42-38-34-30-27-24-21-20-22-25-28-32-36-40-44-48-52-58(63)60-56(55-61)57(62)51-47-43-39-35-31-14-12-10-8-6-4-2/h22,25,47,51,56-57,61-62H,3-21,23-24,26-46,48-50,52-55H2,1-2H3,(H,60,63)/b25-22-,51-47+. The number of ether oxygens (including phenoxy) is 1. The number of rotatable bonds is 54. The molecule has 0 aliphatic rings. The summed E-state index contributed by atoms with van der Waals surface area (Å²) in [6.07, 6.45) is 66.4. The van der Waals surface area contributed by atoms with E-state index >= 15 is 0 Å². The zero-order valence-electron chi connectivity index (χ0n) is 43.7. The molecule has 0 aliphatic heterocycles. The summed E-state index contributed by atoms with van der Waals surface area (Å²) < 4.78 is 5.49. The Kier molecular flexibility index (Phi) is 53.5. The zero-order chi connectivity index (χ0) is 47.2. The van der Waals surface area contributed by atoms with Crippen LogP contribution in [0.15, 0.2) is 24.3 Å². The van der Waals surface area contributed by atoms with Gasteiger partial charge in [-0.3, -0.25) is 9.59 Å². The Labute approximate surface area is 405 Å². The summed E-state index contributed by atoms with van der Waals surface area (Å²) in [5, 5.41) is 23.0. The lowest BCUT2D eigenvalue weighted by atomic mass is 10.0. The van der Waals surface area contributed by atoms with E-state index in [9.17, 15) is 19.8 Å². The molecule has 0 spiro atoms. The average molecular weight is 917 g/mol. The maximum Gasteiger partial charge on any atom is 0.305 e. The third-order valence-corrected chi connectivity index (χ3v) is 13.5. The Morgan fingerprint density at radius 3 is 1.09 bits per heavy atom. The number of aliphatic hydroxyl groups excluding tert-OH is 2. The van der Waals surface area contributed by atoms with Crippen LogP contribution in [0.2, 0.25) is 0 Å². The third kappa shape index (κ3) is 51.6. The minimum atomic E-state index is -0.851. The first-order valence-corrected chi connectivity index (χ1v) is 29.1. The molecule has 0 fully saturated rings. The molecule has 2 unspecified atom stereocenters. The van der Waals surface area contributed by atoms with Crippen molar-refractivity contribution in [2.24, 2.45) is 0 Å². The summed E-state index contributed by atoms with van der Waals surface area (Å²) >= 11 is 0. The molecule has 3 N–H and O–H groups in total. The van der Waals surface area contributed by atoms with Crippen molar-refractivity contribution in [3.05, 3.63) is 24.3 Å². The number of hydrogen-bond acceptors (Lipinski definition) is 5. The van der Waals surface area contributed by atoms with Gasteiger partial charge in [0.1, 0.15) is 0 Å². The molecule has 65 heavy (non-hydrogen) atoms. The first kappa shape index (κ1) is 63.3. The van der Waals surface area contributed by atoms with Crippen LogP contribution >= 0.6 is 0 Å². The molecular formula is C59H113NO5. The van der Waals surface area contributed by atoms with Crippen molar-refractivity contribution in [3.8, 4) is 0 Å². The van der Waals surface area contributed by atoms with Gasteiger partial charge in [-0.2, -0.15) is 0 Å². The molecule has 0 aromatic rings. The SMILES string of the molecule is CCCCCCCCCCC/C=C/C(O)C(CO)NC(=O)CCCCCCC/C=C\CCCCCCCCCCCOC(=O)CCCCCCCCCCCCCCCCCCCCC. The van der Waals surface area contributed by atoms with Crippen molar-refractivity contribution in [1.82, 2.24) is 5.32 Å². The number of amides is 1. The van der Waals surface area contributed by atoms with Gasteiger partial charge < -0.3 is 20.3 Å². The van der Waals surface area contributed by atoms with Gasteiger partial charge in [-0.05, 0) is 57.8 Å². The highest BCUT2D eigenvalue weighted by Crippen LogP contribution is 2.17. The number of hydrogen-bond donors (Lipinski definition) is 3. The van der Waals surface area contributed by atoms with Crippen LogP contribution in [0.25, 0.3) is 0 Å². The van der Waals surface area contributed by atoms with Crippen LogP contribution in [-0.4, -0.2) is 47.4 Å². The van der Waals surface area contributed by atoms with Crippen LogP contribution in [-0.2, 0) is 14.3 Å². The van der Waals surface area contributed by atoms with E-state index < -0.39 is 12.1 Å². The van der Waals surface area contributed by atoms with Crippen LogP contribution in [0.5, 0.6) is 0 Å². The quantitative estimate of drug-likeness (QED) is 0.0321. The van der Waals surface area contributed by atoms with Gasteiger partial charge in [0.05, 0.1) is 25.4 Å². The van der Waals surface area contributed by atoms with Crippen molar-refractivity contribution in [2.45, 2.75) is 328 Å². The van der Waals surface area contributed by atoms with Gasteiger partial charge in [-0.15, -0.1) is 0 Å². The molecule has 0 saturated carbocycles. The van der Waals surface area contributed by atoms with Crippen molar-refractivity contribution in [2.75, 3.05) is 13.2 Å². The van der Waals surface area contributed by atoms with Crippen molar-refractivity contribution >= 4 is 11.9 Å². The Bertz CT molecular complexity index is 1010. The molecule has 0 saturated heterocycles. The summed E-state index contributed by atoms with van der Waals surface area (Å²) in [7, 11) is 0. The molecule has 0 radical (unpaired) electrons. The lowest BCUT2D eigenvalue weighted by molar-refractivity contribution is -0.143. The predicted molar refractivity (Wildman–Crippen MR) is 283 cm³/mol. The van der Waals surface area contributed by atoms with Gasteiger partial charge in [0.15, 0.2) is 0 Å². The van der Waals surface area contributed by atoms with Crippen LogP contribution in [0.3, 0.4) is 0 Å². The molecule has 6 nitrogen and oxygen atoms in total. The highest BCUT2D eigenvalue weighted by molar-refractivity contribution is 5.76. The first-order chi connectivity index (χ1) is 32.0. The molecule has 0 aromatic heterocycles. The lowest BCUT2D eigenvalue weighted by Gasteiger charge is -2.20. The second-order valence-corrected chi connectivity index (χ2v) is 20.0. The third-order valence-electron chi connectivity index (χ3n) is 13.5. The Morgan fingerprint density at radius 2 is 0.723 bits per heavy atom. The maximum atomic E-state index is 12.4. The topological polar surface area (TPSA) is 95.9 Å². The lowest BCUT2D eigenvalue weighted by Crippen LogP contribution is -2.45. The van der Waals surface area contributed by atoms with Gasteiger partial charge in [-0.1, -0.05) is 269 Å². The van der Waals surface area contributed by atoms with E-state index in [-0.39, 0.29) is 18.5 Å². The van der Waals surface area contributed by atoms with Gasteiger partial charge in [-0.25, -0.2) is 0 Å². The van der Waals surface area contributed by atoms with Crippen molar-refractivity contribution < 1.29 is 24.5 Å². The maximum absolute atomic E-state index is 12.4. The number of aliphatic hydroxyl groups is 2. The van der Waals surface area contributed by atoms with Gasteiger partial charge in [0.25, 0.3) is 0 Å². The number of allylic oxidation sites excluding steroid dienone is 3. The first-order valence-electron chi connectivity index (χ1n) is 29.1. The van der Waals surface area contributed by atoms with Gasteiger partial charge in [0.2, 0.25) is 5.91 Å². The summed E-state index contributed by atoms with van der Waals surface area (Å²) in [5.74, 6) is -0.0762. The number of unbranched alkanes of at least 4 members (excludes halogenated alkanes) is 41. The molecule has 0 bridgehead atoms. The number of carbonyl (C=O) groups is 2. The second-order valence-electron chi connectivity index (χ2n) is 20.0. The van der Waals surface area contributed by atoms with E-state index in [0.29, 0.717) is 19.4 Å². The predicted octanol–water partition coefficient (Wildman–Crippen LogP) is 17.9. The molecule has 384 valence electrons. The van der Waals surface area contributed by atoms with Crippen LogP contribution in [0.4, 0.5) is 0 Å². The van der Waals surface area contributed by atoms with E-state index in [2.05, 4.69) is 31.3 Å². The van der Waals surface area contributed by atoms with Crippen LogP contribution in [0.1, 0.15) is 316 Å². The molecule has 2 atom stereocenters. The molecular weight excluding hydrogens is 803 g/mol. The minimum absolute atomic E-state index is 0.00679. The summed E-state index contributed by atoms with van der Waals surface area (Å²) in [6, 6.07) is -0.636. The molecule has 0 heterocycles. The van der Waals surface area contributed by atoms with Crippen molar-refractivity contribution in [3.63, 3.8) is 0 Å².